The molecular weight excluding hydrogens is 899 g/mol. The summed E-state index contributed by atoms with van der Waals surface area (Å²) >= 11 is 0. The van der Waals surface area contributed by atoms with Crippen molar-refractivity contribution in [2.75, 3.05) is 13.2 Å². The SMILES string of the molecule is CCCCC/C=C\CCCCCCCC(=O)OCCCCCCCCCCCC/C=C\CCCCCCCCCC(=O)NC(CO)C(O)CCCCCCCCCCCCCCCCCCCCCCCCC. The van der Waals surface area contributed by atoms with Crippen LogP contribution in [-0.4, -0.2) is 47.4 Å². The topological polar surface area (TPSA) is 95.9 Å². The molecule has 73 heavy (non-hydrogen) atoms. The van der Waals surface area contributed by atoms with Crippen LogP contribution in [0.4, 0.5) is 0 Å². The van der Waals surface area contributed by atoms with Gasteiger partial charge in [-0.05, 0) is 77.0 Å². The first-order valence-electron chi connectivity index (χ1n) is 33.1. The van der Waals surface area contributed by atoms with Crippen molar-refractivity contribution in [3.8, 4) is 0 Å². The molecule has 2 unspecified atom stereocenters. The number of amides is 1. The number of aliphatic hydroxyl groups is 2. The van der Waals surface area contributed by atoms with Gasteiger partial charge in [0.05, 0.1) is 25.4 Å². The zero-order valence-corrected chi connectivity index (χ0v) is 49.4. The van der Waals surface area contributed by atoms with E-state index in [9.17, 15) is 19.8 Å². The van der Waals surface area contributed by atoms with Crippen molar-refractivity contribution in [1.29, 1.82) is 0 Å². The van der Waals surface area contributed by atoms with E-state index in [1.807, 2.05) is 0 Å². The Morgan fingerprint density at radius 2 is 0.644 bits per heavy atom. The van der Waals surface area contributed by atoms with E-state index < -0.39 is 12.1 Å². The number of allylic oxidation sites excluding steroid dienone is 4. The first-order chi connectivity index (χ1) is 36.0. The molecule has 0 aromatic rings. The fourth-order valence-electron chi connectivity index (χ4n) is 10.4. The van der Waals surface area contributed by atoms with Gasteiger partial charge in [0.25, 0.3) is 0 Å². The molecule has 0 aromatic carbocycles. The molecular formula is C67H129NO5. The molecule has 0 radical (unpaired) electrons. The van der Waals surface area contributed by atoms with E-state index in [4.69, 9.17) is 4.74 Å². The zero-order chi connectivity index (χ0) is 52.9. The summed E-state index contributed by atoms with van der Waals surface area (Å²) in [6, 6.07) is -0.548. The molecule has 0 rings (SSSR count). The molecule has 0 saturated carbocycles. The van der Waals surface area contributed by atoms with Crippen LogP contribution in [0.5, 0.6) is 0 Å². The van der Waals surface area contributed by atoms with Crippen molar-refractivity contribution in [1.82, 2.24) is 5.32 Å². The van der Waals surface area contributed by atoms with Crippen LogP contribution in [0.25, 0.3) is 0 Å². The third-order valence-corrected chi connectivity index (χ3v) is 15.5. The second kappa shape index (κ2) is 62.9. The summed E-state index contributed by atoms with van der Waals surface area (Å²) in [7, 11) is 0. The van der Waals surface area contributed by atoms with E-state index in [0.717, 1.165) is 44.9 Å². The first-order valence-corrected chi connectivity index (χ1v) is 33.1. The molecule has 6 nitrogen and oxygen atoms in total. The fraction of sp³-hybridized carbons (Fsp3) is 0.910. The minimum absolute atomic E-state index is 0.00119. The van der Waals surface area contributed by atoms with Gasteiger partial charge in [-0.2, -0.15) is 0 Å². The summed E-state index contributed by atoms with van der Waals surface area (Å²) in [5, 5.41) is 23.4. The lowest BCUT2D eigenvalue weighted by Crippen LogP contribution is -2.45. The van der Waals surface area contributed by atoms with E-state index in [1.54, 1.807) is 0 Å². The number of hydrogen-bond acceptors (Lipinski definition) is 5. The standard InChI is InChI=1S/C67H129NO5/c1-3-5-7-9-11-13-15-17-18-19-20-21-22-24-27-30-33-36-39-43-47-51-55-59-65(70)64(63-69)68-66(71)60-56-52-48-44-40-37-34-31-28-25-23-26-29-32-35-38-42-46-50-54-58-62-73-67(72)61-57-53-49-45-41-16-14-12-10-8-6-4-2/h12,14,25,28,64-65,69-70H,3-11,13,15-24,26-27,29-63H2,1-2H3,(H,68,71)/b14-12-,28-25-. The van der Waals surface area contributed by atoms with Crippen LogP contribution in [0.3, 0.4) is 0 Å². The number of esters is 1. The quantitative estimate of drug-likeness (QED) is 0.0320. The molecule has 0 bridgehead atoms. The average molecular weight is 1030 g/mol. The Labute approximate surface area is 456 Å². The van der Waals surface area contributed by atoms with E-state index in [2.05, 4.69) is 43.5 Å². The van der Waals surface area contributed by atoms with Gasteiger partial charge in [0.1, 0.15) is 0 Å². The molecule has 0 aromatic heterocycles. The molecule has 3 N–H and O–H groups in total. The summed E-state index contributed by atoms with van der Waals surface area (Å²) in [6.45, 7) is 4.95. The van der Waals surface area contributed by atoms with Gasteiger partial charge in [-0.25, -0.2) is 0 Å². The van der Waals surface area contributed by atoms with Crippen molar-refractivity contribution in [3.05, 3.63) is 24.3 Å². The highest BCUT2D eigenvalue weighted by Crippen LogP contribution is 2.18. The minimum atomic E-state index is -0.670. The Kier molecular flexibility index (Phi) is 61.4. The predicted octanol–water partition coefficient (Wildman–Crippen LogP) is 21.0. The van der Waals surface area contributed by atoms with Gasteiger partial charge in [-0.15, -0.1) is 0 Å². The van der Waals surface area contributed by atoms with Gasteiger partial charge in [-0.3, -0.25) is 9.59 Å². The van der Waals surface area contributed by atoms with Gasteiger partial charge in [0.2, 0.25) is 5.91 Å². The summed E-state index contributed by atoms with van der Waals surface area (Å²) < 4.78 is 5.46. The van der Waals surface area contributed by atoms with Crippen LogP contribution >= 0.6 is 0 Å². The van der Waals surface area contributed by atoms with Gasteiger partial charge in [0, 0.05) is 12.8 Å². The van der Waals surface area contributed by atoms with Crippen LogP contribution in [0.15, 0.2) is 24.3 Å². The maximum absolute atomic E-state index is 12.5. The third kappa shape index (κ3) is 59.4. The highest BCUT2D eigenvalue weighted by atomic mass is 16.5. The lowest BCUT2D eigenvalue weighted by atomic mass is 10.0. The highest BCUT2D eigenvalue weighted by Gasteiger charge is 2.20. The molecule has 0 heterocycles. The van der Waals surface area contributed by atoms with Gasteiger partial charge in [-0.1, -0.05) is 301 Å². The van der Waals surface area contributed by atoms with Crippen LogP contribution in [-0.2, 0) is 14.3 Å². The van der Waals surface area contributed by atoms with E-state index in [1.165, 1.54) is 289 Å². The summed E-state index contributed by atoms with van der Waals surface area (Å²) in [5.74, 6) is -0.0401. The van der Waals surface area contributed by atoms with Gasteiger partial charge >= 0.3 is 5.97 Å². The highest BCUT2D eigenvalue weighted by molar-refractivity contribution is 5.76. The lowest BCUT2D eigenvalue weighted by molar-refractivity contribution is -0.143. The van der Waals surface area contributed by atoms with Gasteiger partial charge in [0.15, 0.2) is 0 Å². The molecule has 0 aliphatic carbocycles. The Hall–Kier alpha value is -1.66. The first kappa shape index (κ1) is 71.3. The average Bonchev–Trinajstić information content (AvgIpc) is 3.39. The van der Waals surface area contributed by atoms with Crippen LogP contribution < -0.4 is 5.32 Å². The Bertz CT molecular complexity index is 1140. The number of hydrogen-bond donors (Lipinski definition) is 3. The fourth-order valence-corrected chi connectivity index (χ4v) is 10.4. The Morgan fingerprint density at radius 1 is 0.370 bits per heavy atom. The van der Waals surface area contributed by atoms with Crippen molar-refractivity contribution in [2.24, 2.45) is 0 Å². The maximum Gasteiger partial charge on any atom is 0.305 e. The molecule has 0 fully saturated rings. The molecule has 0 spiro atoms. The molecule has 0 aliphatic rings. The normalized spacial score (nSPS) is 12.7. The number of ether oxygens (including phenoxy) is 1. The Balaban J connectivity index is 3.43. The molecule has 432 valence electrons. The van der Waals surface area contributed by atoms with E-state index in [-0.39, 0.29) is 18.5 Å². The number of unbranched alkanes of at least 4 members (excludes halogenated alkanes) is 47. The van der Waals surface area contributed by atoms with Crippen molar-refractivity contribution in [3.63, 3.8) is 0 Å². The number of carbonyl (C=O) groups is 2. The van der Waals surface area contributed by atoms with Crippen LogP contribution in [0, 0.1) is 0 Å². The molecule has 1 amide bonds. The smallest absolute Gasteiger partial charge is 0.305 e. The number of aliphatic hydroxyl groups excluding tert-OH is 2. The summed E-state index contributed by atoms with van der Waals surface area (Å²) in [4.78, 5) is 24.6. The monoisotopic (exact) mass is 1030 g/mol. The summed E-state index contributed by atoms with van der Waals surface area (Å²) in [5.41, 5.74) is 0. The summed E-state index contributed by atoms with van der Waals surface area (Å²) in [6.07, 6.45) is 77.7. The molecule has 0 saturated heterocycles. The van der Waals surface area contributed by atoms with Crippen molar-refractivity contribution < 1.29 is 24.5 Å². The van der Waals surface area contributed by atoms with Crippen molar-refractivity contribution >= 4 is 11.9 Å². The zero-order valence-electron chi connectivity index (χ0n) is 49.4. The largest absolute Gasteiger partial charge is 0.466 e. The van der Waals surface area contributed by atoms with E-state index >= 15 is 0 Å². The number of carbonyl (C=O) groups excluding carboxylic acids is 2. The van der Waals surface area contributed by atoms with Crippen LogP contribution in [0.1, 0.15) is 367 Å². The second-order valence-corrected chi connectivity index (χ2v) is 22.8. The van der Waals surface area contributed by atoms with Crippen LogP contribution in [0.2, 0.25) is 0 Å². The molecule has 0 aliphatic heterocycles. The molecule has 6 heteroatoms. The Morgan fingerprint density at radius 3 is 1.00 bits per heavy atom. The predicted molar refractivity (Wildman–Crippen MR) is 320 cm³/mol. The lowest BCUT2D eigenvalue weighted by Gasteiger charge is -2.22. The third-order valence-electron chi connectivity index (χ3n) is 15.5. The maximum atomic E-state index is 12.5. The van der Waals surface area contributed by atoms with Crippen molar-refractivity contribution in [2.45, 2.75) is 379 Å². The number of rotatable bonds is 62. The second-order valence-electron chi connectivity index (χ2n) is 22.8. The minimum Gasteiger partial charge on any atom is -0.466 e. The van der Waals surface area contributed by atoms with E-state index in [0.29, 0.717) is 25.9 Å². The molecule has 2 atom stereocenters. The van der Waals surface area contributed by atoms with Gasteiger partial charge < -0.3 is 20.3 Å². The number of nitrogens with one attached hydrogen (secondary N) is 1.